The Labute approximate surface area is 120 Å². The van der Waals surface area contributed by atoms with Gasteiger partial charge < -0.3 is 19.9 Å². The monoisotopic (exact) mass is 290 g/mol. The molecule has 0 spiro atoms. The number of aromatic carboxylic acids is 1. The fraction of sp³-hybridized carbons (Fsp3) is 0.143. The van der Waals surface area contributed by atoms with Gasteiger partial charge in [-0.1, -0.05) is 30.3 Å². The van der Waals surface area contributed by atoms with Gasteiger partial charge in [-0.05, 0) is 12.5 Å². The zero-order valence-corrected chi connectivity index (χ0v) is 11.2. The lowest BCUT2D eigenvalue weighted by Crippen LogP contribution is -2.13. The number of aryl methyl sites for hydroxylation is 1. The number of benzene rings is 1. The number of carboxylic acid groups (broad SMARTS) is 1. The van der Waals surface area contributed by atoms with E-state index in [2.05, 4.69) is 10.3 Å². The molecule has 2 rings (SSSR count). The van der Waals surface area contributed by atoms with Crippen LogP contribution in [-0.2, 0) is 11.3 Å². The van der Waals surface area contributed by atoms with Gasteiger partial charge >= 0.3 is 12.1 Å². The first kappa shape index (κ1) is 14.4. The normalized spacial score (nSPS) is 10.1. The molecule has 110 valence electrons. The highest BCUT2D eigenvalue weighted by Gasteiger charge is 2.21. The van der Waals surface area contributed by atoms with Crippen LogP contribution in [0.4, 0.5) is 10.5 Å². The summed E-state index contributed by atoms with van der Waals surface area (Å²) in [6.45, 7) is 1.60. The fourth-order valence-corrected chi connectivity index (χ4v) is 1.78. The lowest BCUT2D eigenvalue weighted by molar-refractivity contribution is 0.0687. The van der Waals surface area contributed by atoms with Crippen LogP contribution in [0.15, 0.2) is 30.3 Å². The third-order valence-corrected chi connectivity index (χ3v) is 2.81. The van der Waals surface area contributed by atoms with Crippen molar-refractivity contribution in [3.63, 3.8) is 0 Å². The number of carbonyl (C=O) groups excluding carboxylic acids is 1. The molecule has 1 aromatic heterocycles. The first-order chi connectivity index (χ1) is 9.99. The van der Waals surface area contributed by atoms with Gasteiger partial charge in [-0.25, -0.2) is 9.59 Å². The molecule has 0 aliphatic heterocycles. The summed E-state index contributed by atoms with van der Waals surface area (Å²) in [5, 5.41) is 20.9. The van der Waals surface area contributed by atoms with Gasteiger partial charge in [-0.15, -0.1) is 0 Å². The number of hydrogen-bond donors (Lipinski definition) is 4. The molecule has 4 N–H and O–H groups in total. The summed E-state index contributed by atoms with van der Waals surface area (Å²) in [6.07, 6.45) is -0.784. The molecule has 21 heavy (non-hydrogen) atoms. The van der Waals surface area contributed by atoms with E-state index >= 15 is 0 Å². The van der Waals surface area contributed by atoms with Crippen LogP contribution < -0.4 is 5.32 Å². The Morgan fingerprint density at radius 3 is 2.52 bits per heavy atom. The van der Waals surface area contributed by atoms with Crippen LogP contribution in [0, 0.1) is 6.92 Å². The average Bonchev–Trinajstić information content (AvgIpc) is 2.74. The van der Waals surface area contributed by atoms with Crippen LogP contribution in [-0.4, -0.2) is 27.3 Å². The summed E-state index contributed by atoms with van der Waals surface area (Å²) in [5.41, 5.74) is 0.742. The maximum absolute atomic E-state index is 11.7. The Hall–Kier alpha value is -2.96. The average molecular weight is 290 g/mol. The number of hydrogen-bond acceptors (Lipinski definition) is 4. The number of amides is 1. The number of H-pyrrole nitrogens is 1. The molecular weight excluding hydrogens is 276 g/mol. The Morgan fingerprint density at radius 2 is 1.95 bits per heavy atom. The zero-order valence-electron chi connectivity index (χ0n) is 11.2. The van der Waals surface area contributed by atoms with Crippen LogP contribution >= 0.6 is 0 Å². The summed E-state index contributed by atoms with van der Waals surface area (Å²) >= 11 is 0. The molecule has 0 aliphatic rings. The van der Waals surface area contributed by atoms with Crippen molar-refractivity contribution in [3.05, 3.63) is 47.3 Å². The smallest absolute Gasteiger partial charge is 0.412 e. The lowest BCUT2D eigenvalue weighted by atomic mass is 10.2. The summed E-state index contributed by atoms with van der Waals surface area (Å²) in [4.78, 5) is 25.0. The molecule has 2 aromatic rings. The second-order valence-corrected chi connectivity index (χ2v) is 4.34. The topological polar surface area (TPSA) is 112 Å². The summed E-state index contributed by atoms with van der Waals surface area (Å²) in [7, 11) is 0. The van der Waals surface area contributed by atoms with Crippen molar-refractivity contribution >= 4 is 17.7 Å². The van der Waals surface area contributed by atoms with Crippen molar-refractivity contribution < 1.29 is 24.5 Å². The molecule has 7 heteroatoms. The molecule has 0 atom stereocenters. The SMILES string of the molecule is Cc1[nH]c(C(=O)O)c(O)c1NC(=O)OCc1ccccc1. The number of nitrogens with one attached hydrogen (secondary N) is 2. The lowest BCUT2D eigenvalue weighted by Gasteiger charge is -2.07. The zero-order chi connectivity index (χ0) is 15.4. The van der Waals surface area contributed by atoms with Crippen molar-refractivity contribution in [1.29, 1.82) is 0 Å². The number of aromatic amines is 1. The van der Waals surface area contributed by atoms with Crippen molar-refractivity contribution in [2.45, 2.75) is 13.5 Å². The van der Waals surface area contributed by atoms with Crippen molar-refractivity contribution in [2.75, 3.05) is 5.32 Å². The van der Waals surface area contributed by atoms with Gasteiger partial charge in [0, 0.05) is 5.69 Å². The number of ether oxygens (including phenoxy) is 1. The van der Waals surface area contributed by atoms with Crippen molar-refractivity contribution in [1.82, 2.24) is 4.98 Å². The van der Waals surface area contributed by atoms with Gasteiger partial charge in [-0.2, -0.15) is 0 Å². The number of rotatable bonds is 4. The predicted octanol–water partition coefficient (Wildman–Crippen LogP) is 2.48. The van der Waals surface area contributed by atoms with Gasteiger partial charge in [-0.3, -0.25) is 5.32 Å². The van der Waals surface area contributed by atoms with E-state index in [1.54, 1.807) is 12.1 Å². The fourth-order valence-electron chi connectivity index (χ4n) is 1.78. The van der Waals surface area contributed by atoms with Gasteiger partial charge in [0.05, 0.1) is 0 Å². The summed E-state index contributed by atoms with van der Waals surface area (Å²) in [6, 6.07) is 9.08. The number of carbonyl (C=O) groups is 2. The van der Waals surface area contributed by atoms with E-state index in [0.29, 0.717) is 5.69 Å². The molecule has 0 saturated heterocycles. The highest BCUT2D eigenvalue weighted by molar-refractivity contribution is 5.96. The number of anilines is 1. The molecule has 0 radical (unpaired) electrons. The first-order valence-corrected chi connectivity index (χ1v) is 6.11. The number of aromatic hydroxyl groups is 1. The van der Waals surface area contributed by atoms with Gasteiger partial charge in [0.15, 0.2) is 11.4 Å². The van der Waals surface area contributed by atoms with E-state index < -0.39 is 17.8 Å². The third-order valence-electron chi connectivity index (χ3n) is 2.81. The van der Waals surface area contributed by atoms with Crippen molar-refractivity contribution in [3.8, 4) is 5.75 Å². The van der Waals surface area contributed by atoms with E-state index in [0.717, 1.165) is 5.56 Å². The number of aromatic nitrogens is 1. The summed E-state index contributed by atoms with van der Waals surface area (Å²) < 4.78 is 4.99. The minimum atomic E-state index is -1.32. The Morgan fingerprint density at radius 1 is 1.29 bits per heavy atom. The maximum atomic E-state index is 11.7. The Kier molecular flexibility index (Phi) is 4.13. The van der Waals surface area contributed by atoms with E-state index in [1.165, 1.54) is 6.92 Å². The highest BCUT2D eigenvalue weighted by atomic mass is 16.5. The molecule has 1 heterocycles. The molecule has 1 amide bonds. The van der Waals surface area contributed by atoms with E-state index in [1.807, 2.05) is 18.2 Å². The van der Waals surface area contributed by atoms with Crippen LogP contribution in [0.1, 0.15) is 21.7 Å². The van der Waals surface area contributed by atoms with E-state index in [4.69, 9.17) is 9.84 Å². The molecule has 0 fully saturated rings. The molecule has 0 bridgehead atoms. The molecule has 0 unspecified atom stereocenters. The maximum Gasteiger partial charge on any atom is 0.412 e. The summed E-state index contributed by atoms with van der Waals surface area (Å²) in [5.74, 6) is -1.85. The Bertz CT molecular complexity index is 664. The van der Waals surface area contributed by atoms with Crippen LogP contribution in [0.2, 0.25) is 0 Å². The van der Waals surface area contributed by atoms with Crippen LogP contribution in [0.5, 0.6) is 5.75 Å². The van der Waals surface area contributed by atoms with Gasteiger partial charge in [0.25, 0.3) is 0 Å². The van der Waals surface area contributed by atoms with Crippen molar-refractivity contribution in [2.24, 2.45) is 0 Å². The molecule has 0 aliphatic carbocycles. The molecule has 1 aromatic carbocycles. The minimum Gasteiger partial charge on any atom is -0.504 e. The molecule has 7 nitrogen and oxygen atoms in total. The second-order valence-electron chi connectivity index (χ2n) is 4.34. The second kappa shape index (κ2) is 6.00. The largest absolute Gasteiger partial charge is 0.504 e. The first-order valence-electron chi connectivity index (χ1n) is 6.11. The van der Waals surface area contributed by atoms with Crippen LogP contribution in [0.3, 0.4) is 0 Å². The van der Waals surface area contributed by atoms with E-state index in [9.17, 15) is 14.7 Å². The van der Waals surface area contributed by atoms with Gasteiger partial charge in [0.2, 0.25) is 0 Å². The Balaban J connectivity index is 2.02. The molecular formula is C14H14N2O5. The highest BCUT2D eigenvalue weighted by Crippen LogP contribution is 2.31. The molecule has 0 saturated carbocycles. The number of carboxylic acids is 1. The van der Waals surface area contributed by atoms with Gasteiger partial charge in [0.1, 0.15) is 12.3 Å². The standard InChI is InChI=1S/C14H14N2O5/c1-8-10(12(17)11(15-8)13(18)19)16-14(20)21-7-9-5-3-2-4-6-9/h2-6,15,17H,7H2,1H3,(H,16,20)(H,18,19). The third kappa shape index (κ3) is 3.33. The predicted molar refractivity (Wildman–Crippen MR) is 74.4 cm³/mol. The van der Waals surface area contributed by atoms with E-state index in [-0.39, 0.29) is 18.0 Å². The quantitative estimate of drug-likeness (QED) is 0.691. The van der Waals surface area contributed by atoms with Crippen LogP contribution in [0.25, 0.3) is 0 Å². The minimum absolute atomic E-state index is 0.00883.